The van der Waals surface area contributed by atoms with Crippen LogP contribution in [0.4, 0.5) is 0 Å². The summed E-state index contributed by atoms with van der Waals surface area (Å²) in [7, 11) is 1.66. The molecule has 2 aromatic carbocycles. The van der Waals surface area contributed by atoms with Crippen molar-refractivity contribution in [3.63, 3.8) is 0 Å². The first-order chi connectivity index (χ1) is 15.2. The molecule has 0 radical (unpaired) electrons. The summed E-state index contributed by atoms with van der Waals surface area (Å²) in [6.07, 6.45) is 1.40. The van der Waals surface area contributed by atoms with Gasteiger partial charge in [0.15, 0.2) is 5.69 Å². The fraction of sp³-hybridized carbons (Fsp3) is 0.304. The van der Waals surface area contributed by atoms with Gasteiger partial charge in [-0.25, -0.2) is 4.68 Å². The van der Waals surface area contributed by atoms with Gasteiger partial charge in [-0.05, 0) is 36.6 Å². The molecule has 1 aliphatic rings. The van der Waals surface area contributed by atoms with E-state index in [9.17, 15) is 0 Å². The monoisotopic (exact) mass is 417 g/mol. The minimum atomic E-state index is -0.0482. The van der Waals surface area contributed by atoms with Crippen LogP contribution in [0.3, 0.4) is 0 Å². The summed E-state index contributed by atoms with van der Waals surface area (Å²) in [4.78, 5) is 4.52. The smallest absolute Gasteiger partial charge is 0.227 e. The molecule has 0 saturated heterocycles. The molecule has 1 atom stereocenters. The summed E-state index contributed by atoms with van der Waals surface area (Å²) in [5.41, 5.74) is 5.02. The molecule has 5 rings (SSSR count). The molecule has 0 bridgehead atoms. The molecule has 158 valence electrons. The Morgan fingerprint density at radius 2 is 1.87 bits per heavy atom. The van der Waals surface area contributed by atoms with Gasteiger partial charge in [-0.3, -0.25) is 0 Å². The number of nitrogens with zero attached hydrogens (tertiary/aromatic N) is 5. The average Bonchev–Trinajstić information content (AvgIpc) is 3.45. The highest BCUT2D eigenvalue weighted by atomic mass is 16.5. The third kappa shape index (κ3) is 4.06. The van der Waals surface area contributed by atoms with Crippen LogP contribution in [0, 0.1) is 6.92 Å². The van der Waals surface area contributed by atoms with Gasteiger partial charge in [0.05, 0.1) is 26.0 Å². The van der Waals surface area contributed by atoms with Crippen molar-refractivity contribution in [1.82, 2.24) is 25.1 Å². The molecule has 0 N–H and O–H groups in total. The zero-order chi connectivity index (χ0) is 21.2. The molecular formula is C23H23N5O3. The molecule has 0 saturated carbocycles. The number of aryl methyl sites for hydroxylation is 3. The van der Waals surface area contributed by atoms with Crippen molar-refractivity contribution in [3.05, 3.63) is 76.8 Å². The average molecular weight is 417 g/mol. The van der Waals surface area contributed by atoms with Crippen LogP contribution in [0.1, 0.15) is 34.4 Å². The van der Waals surface area contributed by atoms with E-state index >= 15 is 0 Å². The van der Waals surface area contributed by atoms with Crippen LogP contribution in [0.5, 0.6) is 5.75 Å². The molecule has 8 nitrogen and oxygen atoms in total. The van der Waals surface area contributed by atoms with E-state index < -0.39 is 0 Å². The van der Waals surface area contributed by atoms with Gasteiger partial charge >= 0.3 is 0 Å². The minimum absolute atomic E-state index is 0.0482. The van der Waals surface area contributed by atoms with E-state index in [0.717, 1.165) is 23.4 Å². The Hall–Kier alpha value is -3.52. The second kappa shape index (κ2) is 8.31. The predicted octanol–water partition coefficient (Wildman–Crippen LogP) is 3.70. The zero-order valence-corrected chi connectivity index (χ0v) is 17.5. The second-order valence-electron chi connectivity index (χ2n) is 7.64. The Labute approximate surface area is 179 Å². The van der Waals surface area contributed by atoms with E-state index in [1.54, 1.807) is 7.11 Å². The van der Waals surface area contributed by atoms with Gasteiger partial charge < -0.3 is 14.0 Å². The molecule has 0 amide bonds. The molecule has 4 aromatic rings. The van der Waals surface area contributed by atoms with E-state index in [-0.39, 0.29) is 6.10 Å². The molecule has 3 heterocycles. The Morgan fingerprint density at radius 3 is 2.65 bits per heavy atom. The van der Waals surface area contributed by atoms with Crippen molar-refractivity contribution in [3.8, 4) is 17.3 Å². The van der Waals surface area contributed by atoms with Gasteiger partial charge in [0, 0.05) is 6.42 Å². The van der Waals surface area contributed by atoms with E-state index in [1.165, 1.54) is 11.1 Å². The van der Waals surface area contributed by atoms with Crippen molar-refractivity contribution in [2.75, 3.05) is 7.11 Å². The van der Waals surface area contributed by atoms with Crippen LogP contribution in [-0.2, 0) is 30.7 Å². The third-order valence-corrected chi connectivity index (χ3v) is 5.51. The fourth-order valence-corrected chi connectivity index (χ4v) is 3.66. The molecule has 1 unspecified atom stereocenters. The van der Waals surface area contributed by atoms with Gasteiger partial charge in [-0.2, -0.15) is 4.98 Å². The lowest BCUT2D eigenvalue weighted by Gasteiger charge is -2.24. The van der Waals surface area contributed by atoms with Gasteiger partial charge in [0.2, 0.25) is 11.7 Å². The first kappa shape index (κ1) is 19.4. The molecular weight excluding hydrogens is 394 g/mol. The topological polar surface area (TPSA) is 88.1 Å². The SMILES string of the molecule is COc1ccc(CCc2nc(-c3nnn4c3COC(c3ccc(C)cc3)C4)no2)cc1. The van der Waals surface area contributed by atoms with E-state index in [1.807, 2.05) is 28.9 Å². The minimum Gasteiger partial charge on any atom is -0.497 e. The summed E-state index contributed by atoms with van der Waals surface area (Å²) >= 11 is 0. The number of benzene rings is 2. The summed E-state index contributed by atoms with van der Waals surface area (Å²) in [5.74, 6) is 1.86. The summed E-state index contributed by atoms with van der Waals surface area (Å²) in [6.45, 7) is 3.08. The van der Waals surface area contributed by atoms with Gasteiger partial charge in [-0.1, -0.05) is 52.3 Å². The number of methoxy groups -OCH3 is 1. The number of fused-ring (bicyclic) bond motifs is 1. The quantitative estimate of drug-likeness (QED) is 0.473. The summed E-state index contributed by atoms with van der Waals surface area (Å²) in [6, 6.07) is 16.3. The number of aromatic nitrogens is 5. The zero-order valence-electron chi connectivity index (χ0n) is 17.5. The summed E-state index contributed by atoms with van der Waals surface area (Å²) in [5, 5.41) is 12.7. The maximum absolute atomic E-state index is 6.08. The lowest BCUT2D eigenvalue weighted by atomic mass is 10.1. The molecule has 0 fully saturated rings. The molecule has 31 heavy (non-hydrogen) atoms. The van der Waals surface area contributed by atoms with Crippen molar-refractivity contribution in [2.45, 2.75) is 39.0 Å². The highest BCUT2D eigenvalue weighted by Gasteiger charge is 2.27. The molecule has 2 aromatic heterocycles. The van der Waals surface area contributed by atoms with Gasteiger partial charge in [0.1, 0.15) is 11.9 Å². The Morgan fingerprint density at radius 1 is 1.06 bits per heavy atom. The molecule has 0 aliphatic carbocycles. The first-order valence-corrected chi connectivity index (χ1v) is 10.3. The van der Waals surface area contributed by atoms with Crippen LogP contribution in [-0.4, -0.2) is 32.2 Å². The van der Waals surface area contributed by atoms with Crippen LogP contribution < -0.4 is 4.74 Å². The maximum Gasteiger partial charge on any atom is 0.227 e. The predicted molar refractivity (Wildman–Crippen MR) is 112 cm³/mol. The van der Waals surface area contributed by atoms with Crippen molar-refractivity contribution < 1.29 is 14.0 Å². The third-order valence-electron chi connectivity index (χ3n) is 5.51. The highest BCUT2D eigenvalue weighted by Crippen LogP contribution is 2.30. The normalized spacial score (nSPS) is 15.6. The largest absolute Gasteiger partial charge is 0.497 e. The first-order valence-electron chi connectivity index (χ1n) is 10.3. The number of hydrogen-bond donors (Lipinski definition) is 0. The Bertz CT molecular complexity index is 1160. The lowest BCUT2D eigenvalue weighted by Crippen LogP contribution is -2.22. The highest BCUT2D eigenvalue weighted by molar-refractivity contribution is 5.51. The number of ether oxygens (including phenoxy) is 2. The standard InChI is InChI=1S/C23H23N5O3/c1-15-3-8-17(9-4-15)20-13-28-19(14-30-20)22(25-27-28)23-24-21(31-26-23)12-7-16-5-10-18(29-2)11-6-16/h3-6,8-11,20H,7,12-14H2,1-2H3. The molecule has 1 aliphatic heterocycles. The number of rotatable bonds is 6. The van der Waals surface area contributed by atoms with Crippen molar-refractivity contribution in [1.29, 1.82) is 0 Å². The van der Waals surface area contributed by atoms with Crippen LogP contribution >= 0.6 is 0 Å². The van der Waals surface area contributed by atoms with Crippen LogP contribution in [0.2, 0.25) is 0 Å². The van der Waals surface area contributed by atoms with Gasteiger partial charge in [-0.15, -0.1) is 5.10 Å². The van der Waals surface area contributed by atoms with E-state index in [2.05, 4.69) is 51.6 Å². The second-order valence-corrected chi connectivity index (χ2v) is 7.64. The Balaban J connectivity index is 1.27. The van der Waals surface area contributed by atoms with Crippen LogP contribution in [0.25, 0.3) is 11.5 Å². The van der Waals surface area contributed by atoms with E-state index in [4.69, 9.17) is 14.0 Å². The molecule has 8 heteroatoms. The lowest BCUT2D eigenvalue weighted by molar-refractivity contribution is -0.00112. The fourth-order valence-electron chi connectivity index (χ4n) is 3.66. The number of hydrogen-bond acceptors (Lipinski definition) is 7. The van der Waals surface area contributed by atoms with E-state index in [0.29, 0.717) is 37.0 Å². The molecule has 0 spiro atoms. The Kier molecular flexibility index (Phi) is 5.21. The van der Waals surface area contributed by atoms with Crippen molar-refractivity contribution in [2.24, 2.45) is 0 Å². The van der Waals surface area contributed by atoms with Gasteiger partial charge in [0.25, 0.3) is 0 Å². The van der Waals surface area contributed by atoms with Crippen LogP contribution in [0.15, 0.2) is 53.1 Å². The maximum atomic E-state index is 6.08. The van der Waals surface area contributed by atoms with Crippen molar-refractivity contribution >= 4 is 0 Å². The summed E-state index contributed by atoms with van der Waals surface area (Å²) < 4.78 is 18.6.